The van der Waals surface area contributed by atoms with Gasteiger partial charge in [-0.3, -0.25) is 9.36 Å². The first kappa shape index (κ1) is 26.8. The zero-order valence-electron chi connectivity index (χ0n) is 21.9. The topological polar surface area (TPSA) is 81.9 Å². The van der Waals surface area contributed by atoms with Crippen LogP contribution in [0.15, 0.2) is 46.5 Å². The average Bonchev–Trinajstić information content (AvgIpc) is 2.78. The number of fused-ring (bicyclic) bond motifs is 1. The van der Waals surface area contributed by atoms with E-state index in [-0.39, 0.29) is 16.4 Å². The van der Waals surface area contributed by atoms with Gasteiger partial charge in [-0.25, -0.2) is 13.4 Å². The van der Waals surface area contributed by atoms with Gasteiger partial charge >= 0.3 is 0 Å². The molecule has 1 aromatic carbocycles. The van der Waals surface area contributed by atoms with Gasteiger partial charge in [-0.15, -0.1) is 5.54 Å². The lowest BCUT2D eigenvalue weighted by Crippen LogP contribution is -2.43. The average molecular weight is 510 g/mol. The van der Waals surface area contributed by atoms with Crippen molar-refractivity contribution in [3.63, 3.8) is 0 Å². The van der Waals surface area contributed by atoms with E-state index in [1.54, 1.807) is 7.05 Å². The molecule has 0 amide bonds. The van der Waals surface area contributed by atoms with Crippen LogP contribution in [-0.2, 0) is 23.3 Å². The quantitative estimate of drug-likeness (QED) is 0.268. The Hall–Kier alpha value is -2.76. The molecule has 2 heterocycles. The summed E-state index contributed by atoms with van der Waals surface area (Å²) >= 11 is 0. The molecule has 3 rings (SSSR count). The van der Waals surface area contributed by atoms with E-state index < -0.39 is 17.9 Å². The second-order valence-corrected chi connectivity index (χ2v) is 17.7. The number of sulfone groups is 1. The van der Waals surface area contributed by atoms with Gasteiger partial charge in [0, 0.05) is 37.0 Å². The molecule has 0 atom stereocenters. The van der Waals surface area contributed by atoms with Gasteiger partial charge in [-0.05, 0) is 22.2 Å². The van der Waals surface area contributed by atoms with Crippen molar-refractivity contribution in [3.8, 4) is 11.5 Å². The van der Waals surface area contributed by atoms with Crippen LogP contribution in [0.5, 0.6) is 0 Å². The molecule has 3 aromatic rings. The molecule has 6 nitrogen and oxygen atoms in total. The minimum absolute atomic E-state index is 0.227. The minimum Gasteiger partial charge on any atom is -0.295 e. The van der Waals surface area contributed by atoms with Gasteiger partial charge in [0.15, 0.2) is 0 Å². The summed E-state index contributed by atoms with van der Waals surface area (Å²) in [5, 5.41) is 0.294. The SMILES string of the molecule is CC(C)[Si](C#Cc1c(Cc2ccccc2)c(=O)n(C)c2nc(S(C)(=O)=O)ncc12)(C(C)C)C(C)C. The third-order valence-electron chi connectivity index (χ3n) is 7.02. The monoisotopic (exact) mass is 509 g/mol. The molecule has 2 aromatic heterocycles. The molecule has 0 saturated heterocycles. The Labute approximate surface area is 209 Å². The Morgan fingerprint density at radius 2 is 1.57 bits per heavy atom. The van der Waals surface area contributed by atoms with E-state index in [0.717, 1.165) is 11.8 Å². The van der Waals surface area contributed by atoms with E-state index >= 15 is 0 Å². The molecule has 186 valence electrons. The highest BCUT2D eigenvalue weighted by Gasteiger charge is 2.41. The molecule has 0 bridgehead atoms. The van der Waals surface area contributed by atoms with Crippen molar-refractivity contribution in [2.75, 3.05) is 6.26 Å². The Bertz CT molecular complexity index is 1440. The number of aromatic nitrogens is 3. The van der Waals surface area contributed by atoms with Crippen LogP contribution in [0.1, 0.15) is 58.2 Å². The van der Waals surface area contributed by atoms with Crippen LogP contribution in [0.3, 0.4) is 0 Å². The molecule has 0 aliphatic carbocycles. The molecule has 35 heavy (non-hydrogen) atoms. The van der Waals surface area contributed by atoms with Crippen molar-refractivity contribution in [2.24, 2.45) is 7.05 Å². The first-order chi connectivity index (χ1) is 16.3. The highest BCUT2D eigenvalue weighted by molar-refractivity contribution is 7.90. The van der Waals surface area contributed by atoms with Gasteiger partial charge in [-0.2, -0.15) is 4.98 Å². The zero-order chi connectivity index (χ0) is 26.1. The number of nitrogens with zero attached hydrogens (tertiary/aromatic N) is 3. The van der Waals surface area contributed by atoms with Crippen LogP contribution in [0.4, 0.5) is 0 Å². The van der Waals surface area contributed by atoms with Gasteiger partial charge in [0.05, 0.1) is 5.39 Å². The van der Waals surface area contributed by atoms with Crippen LogP contribution in [-0.4, -0.2) is 37.3 Å². The van der Waals surface area contributed by atoms with E-state index in [0.29, 0.717) is 39.6 Å². The van der Waals surface area contributed by atoms with E-state index in [9.17, 15) is 13.2 Å². The van der Waals surface area contributed by atoms with Crippen LogP contribution in [0, 0.1) is 11.5 Å². The molecule has 0 aliphatic heterocycles. The summed E-state index contributed by atoms with van der Waals surface area (Å²) in [5.74, 6) is 3.46. The maximum Gasteiger partial charge on any atom is 0.256 e. The lowest BCUT2D eigenvalue weighted by molar-refractivity contribution is 0.593. The molecular formula is C27H35N3O3SSi. The Balaban J connectivity index is 2.43. The molecule has 0 radical (unpaired) electrons. The second-order valence-electron chi connectivity index (χ2n) is 10.2. The smallest absolute Gasteiger partial charge is 0.256 e. The van der Waals surface area contributed by atoms with E-state index in [1.807, 2.05) is 30.3 Å². The molecule has 0 unspecified atom stereocenters. The van der Waals surface area contributed by atoms with Gasteiger partial charge in [0.1, 0.15) is 13.7 Å². The molecule has 0 saturated carbocycles. The summed E-state index contributed by atoms with van der Waals surface area (Å²) in [4.78, 5) is 22.0. The maximum atomic E-state index is 13.6. The van der Waals surface area contributed by atoms with E-state index in [2.05, 4.69) is 63.0 Å². The second kappa shape index (κ2) is 10.1. The van der Waals surface area contributed by atoms with Gasteiger partial charge in [0.25, 0.3) is 5.56 Å². The molecule has 0 spiro atoms. The van der Waals surface area contributed by atoms with E-state index in [1.165, 1.54) is 10.8 Å². The highest BCUT2D eigenvalue weighted by Crippen LogP contribution is 2.41. The van der Waals surface area contributed by atoms with Crippen LogP contribution in [0.2, 0.25) is 16.6 Å². The predicted molar refractivity (Wildman–Crippen MR) is 145 cm³/mol. The molecule has 8 heteroatoms. The van der Waals surface area contributed by atoms with Crippen molar-refractivity contribution in [2.45, 2.75) is 69.7 Å². The zero-order valence-corrected chi connectivity index (χ0v) is 23.7. The maximum absolute atomic E-state index is 13.6. The van der Waals surface area contributed by atoms with Crippen molar-refractivity contribution >= 4 is 28.9 Å². The Morgan fingerprint density at radius 3 is 2.09 bits per heavy atom. The predicted octanol–water partition coefficient (Wildman–Crippen LogP) is 4.89. The Morgan fingerprint density at radius 1 is 1.00 bits per heavy atom. The fourth-order valence-electron chi connectivity index (χ4n) is 5.25. The molecule has 0 fully saturated rings. The first-order valence-corrected chi connectivity index (χ1v) is 16.1. The number of aryl methyl sites for hydroxylation is 1. The van der Waals surface area contributed by atoms with Crippen molar-refractivity contribution < 1.29 is 8.42 Å². The fourth-order valence-corrected chi connectivity index (χ4v) is 11.0. The summed E-state index contributed by atoms with van der Waals surface area (Å²) in [5.41, 5.74) is 7.24. The Kier molecular flexibility index (Phi) is 7.73. The highest BCUT2D eigenvalue weighted by atomic mass is 32.2. The van der Waals surface area contributed by atoms with E-state index in [4.69, 9.17) is 0 Å². The van der Waals surface area contributed by atoms with Crippen LogP contribution < -0.4 is 5.56 Å². The molecule has 0 aliphatic rings. The fraction of sp³-hybridized carbons (Fsp3) is 0.444. The normalized spacial score (nSPS) is 12.4. The molecular weight excluding hydrogens is 474 g/mol. The number of pyridine rings is 1. The summed E-state index contributed by atoms with van der Waals surface area (Å²) in [7, 11) is -4.11. The number of rotatable bonds is 6. The van der Waals surface area contributed by atoms with Gasteiger partial charge in [0.2, 0.25) is 15.0 Å². The number of hydrogen-bond donors (Lipinski definition) is 0. The van der Waals surface area contributed by atoms with Crippen LogP contribution in [0.25, 0.3) is 11.0 Å². The van der Waals surface area contributed by atoms with Gasteiger partial charge < -0.3 is 0 Å². The molecule has 0 N–H and O–H groups in total. The lowest BCUT2D eigenvalue weighted by atomic mass is 9.99. The number of benzene rings is 1. The van der Waals surface area contributed by atoms with Gasteiger partial charge in [-0.1, -0.05) is 77.8 Å². The van der Waals surface area contributed by atoms with Crippen LogP contribution >= 0.6 is 0 Å². The third kappa shape index (κ3) is 5.12. The van der Waals surface area contributed by atoms with Crippen molar-refractivity contribution in [1.29, 1.82) is 0 Å². The largest absolute Gasteiger partial charge is 0.295 e. The standard InChI is InChI=1S/C27H35N3O3SSi/c1-18(2)35(19(3)4,20(5)6)15-14-22-23(16-21-12-10-9-11-13-21)26(31)30(7)25-24(22)17-28-27(29-25)34(8,32)33/h9-13,17-20H,16H2,1-8H3. The summed E-state index contributed by atoms with van der Waals surface area (Å²) in [6, 6.07) is 9.81. The summed E-state index contributed by atoms with van der Waals surface area (Å²) < 4.78 is 25.6. The minimum atomic E-state index is -3.63. The van der Waals surface area contributed by atoms with Crippen molar-refractivity contribution in [1.82, 2.24) is 14.5 Å². The summed E-state index contributed by atoms with van der Waals surface area (Å²) in [6.45, 7) is 13.5. The van der Waals surface area contributed by atoms with Crippen molar-refractivity contribution in [3.05, 3.63) is 63.6 Å². The lowest BCUT2D eigenvalue weighted by Gasteiger charge is -2.38. The summed E-state index contributed by atoms with van der Waals surface area (Å²) in [6.07, 6.45) is 2.98. The first-order valence-electron chi connectivity index (χ1n) is 12.0. The third-order valence-corrected chi connectivity index (χ3v) is 14.2. The number of hydrogen-bond acceptors (Lipinski definition) is 5.